The van der Waals surface area contributed by atoms with Crippen LogP contribution in [0.1, 0.15) is 21.5 Å². The Bertz CT molecular complexity index is 1210. The van der Waals surface area contributed by atoms with E-state index in [2.05, 4.69) is 10.6 Å². The Morgan fingerprint density at radius 2 is 1.82 bits per heavy atom. The number of fused-ring (bicyclic) bond motifs is 3. The summed E-state index contributed by atoms with van der Waals surface area (Å²) in [7, 11) is 1.58. The first-order valence-corrected chi connectivity index (χ1v) is 9.08. The van der Waals surface area contributed by atoms with Gasteiger partial charge in [0.25, 0.3) is 5.91 Å². The summed E-state index contributed by atoms with van der Waals surface area (Å²) in [4.78, 5) is 24.7. The van der Waals surface area contributed by atoms with Crippen molar-refractivity contribution in [2.45, 2.75) is 13.3 Å². The van der Waals surface area contributed by atoms with Crippen molar-refractivity contribution >= 4 is 39.2 Å². The van der Waals surface area contributed by atoms with E-state index < -0.39 is 0 Å². The lowest BCUT2D eigenvalue weighted by Gasteiger charge is -2.11. The number of benzene rings is 3. The molecule has 0 fully saturated rings. The summed E-state index contributed by atoms with van der Waals surface area (Å²) < 4.78 is 5.66. The molecule has 0 radical (unpaired) electrons. The van der Waals surface area contributed by atoms with Crippen molar-refractivity contribution in [1.82, 2.24) is 5.32 Å². The summed E-state index contributed by atoms with van der Waals surface area (Å²) in [5, 5.41) is 8.66. The Balaban J connectivity index is 1.63. The standard InChI is InChI=1S/C23H20N2O3/c1-14-17(23(27)24-2)8-5-9-19(14)25-21(26)12-16-13-28-20-11-10-15-6-3-4-7-18(15)22(16)20/h3-11,13H,12H2,1-2H3,(H,24,27)(H,25,26). The van der Waals surface area contributed by atoms with Gasteiger partial charge < -0.3 is 15.1 Å². The Morgan fingerprint density at radius 3 is 2.64 bits per heavy atom. The third-order valence-electron chi connectivity index (χ3n) is 4.97. The van der Waals surface area contributed by atoms with Gasteiger partial charge in [0.1, 0.15) is 5.58 Å². The first-order valence-electron chi connectivity index (χ1n) is 9.08. The fraction of sp³-hybridized carbons (Fsp3) is 0.130. The summed E-state index contributed by atoms with van der Waals surface area (Å²) in [5.41, 5.74) is 3.50. The summed E-state index contributed by atoms with van der Waals surface area (Å²) in [5.74, 6) is -0.339. The van der Waals surface area contributed by atoms with Gasteiger partial charge in [-0.15, -0.1) is 0 Å². The highest BCUT2D eigenvalue weighted by atomic mass is 16.3. The van der Waals surface area contributed by atoms with Crippen LogP contribution >= 0.6 is 0 Å². The van der Waals surface area contributed by atoms with Crippen molar-refractivity contribution < 1.29 is 14.0 Å². The van der Waals surface area contributed by atoms with Crippen molar-refractivity contribution in [1.29, 1.82) is 0 Å². The number of furan rings is 1. The van der Waals surface area contributed by atoms with Gasteiger partial charge in [0.2, 0.25) is 5.91 Å². The topological polar surface area (TPSA) is 71.3 Å². The van der Waals surface area contributed by atoms with Crippen LogP contribution in [0.5, 0.6) is 0 Å². The number of carbonyl (C=O) groups excluding carboxylic acids is 2. The first-order chi connectivity index (χ1) is 13.6. The maximum Gasteiger partial charge on any atom is 0.251 e. The number of amides is 2. The van der Waals surface area contributed by atoms with Crippen LogP contribution in [0.25, 0.3) is 21.7 Å². The summed E-state index contributed by atoms with van der Waals surface area (Å²) in [6, 6.07) is 17.3. The van der Waals surface area contributed by atoms with Crippen LogP contribution < -0.4 is 10.6 Å². The molecule has 0 saturated carbocycles. The van der Waals surface area contributed by atoms with E-state index in [4.69, 9.17) is 4.42 Å². The third-order valence-corrected chi connectivity index (χ3v) is 4.97. The Kier molecular flexibility index (Phi) is 4.57. The van der Waals surface area contributed by atoms with Gasteiger partial charge in [-0.1, -0.05) is 36.4 Å². The molecule has 4 rings (SSSR count). The van der Waals surface area contributed by atoms with Gasteiger partial charge in [0, 0.05) is 29.2 Å². The van der Waals surface area contributed by atoms with Crippen LogP contribution in [0, 0.1) is 6.92 Å². The van der Waals surface area contributed by atoms with Crippen molar-refractivity contribution in [3.8, 4) is 0 Å². The Morgan fingerprint density at radius 1 is 1.00 bits per heavy atom. The Hall–Kier alpha value is -3.60. The number of hydrogen-bond acceptors (Lipinski definition) is 3. The smallest absolute Gasteiger partial charge is 0.251 e. The molecular formula is C23H20N2O3. The third kappa shape index (κ3) is 3.11. The second-order valence-electron chi connectivity index (χ2n) is 6.70. The van der Waals surface area contributed by atoms with Crippen molar-refractivity contribution in [3.05, 3.63) is 77.6 Å². The normalized spacial score (nSPS) is 10.9. The summed E-state index contributed by atoms with van der Waals surface area (Å²) in [6.45, 7) is 1.82. The fourth-order valence-corrected chi connectivity index (χ4v) is 3.52. The van der Waals surface area contributed by atoms with Crippen LogP contribution in [0.3, 0.4) is 0 Å². The molecular weight excluding hydrogens is 352 g/mol. The second kappa shape index (κ2) is 7.19. The minimum Gasteiger partial charge on any atom is -0.464 e. The molecule has 5 heteroatoms. The molecule has 0 aliphatic rings. The molecule has 5 nitrogen and oxygen atoms in total. The van der Waals surface area contributed by atoms with E-state index in [-0.39, 0.29) is 18.2 Å². The average Bonchev–Trinajstić information content (AvgIpc) is 3.12. The van der Waals surface area contributed by atoms with Crippen LogP contribution in [-0.2, 0) is 11.2 Å². The monoisotopic (exact) mass is 372 g/mol. The zero-order valence-electron chi connectivity index (χ0n) is 15.7. The van der Waals surface area contributed by atoms with Gasteiger partial charge >= 0.3 is 0 Å². The maximum atomic E-state index is 12.7. The zero-order valence-corrected chi connectivity index (χ0v) is 15.7. The van der Waals surface area contributed by atoms with Gasteiger partial charge in [0.05, 0.1) is 12.7 Å². The van der Waals surface area contributed by atoms with Gasteiger partial charge in [-0.2, -0.15) is 0 Å². The zero-order chi connectivity index (χ0) is 19.7. The van der Waals surface area contributed by atoms with E-state index in [1.807, 2.05) is 43.3 Å². The summed E-state index contributed by atoms with van der Waals surface area (Å²) >= 11 is 0. The van der Waals surface area contributed by atoms with E-state index in [0.29, 0.717) is 11.3 Å². The van der Waals surface area contributed by atoms with Gasteiger partial charge in [-0.25, -0.2) is 0 Å². The number of carbonyl (C=O) groups is 2. The molecule has 0 unspecified atom stereocenters. The van der Waals surface area contributed by atoms with E-state index in [0.717, 1.165) is 32.9 Å². The second-order valence-corrected chi connectivity index (χ2v) is 6.70. The molecule has 1 aromatic heterocycles. The van der Waals surface area contributed by atoms with Gasteiger partial charge in [-0.05, 0) is 41.5 Å². The maximum absolute atomic E-state index is 12.7. The van der Waals surface area contributed by atoms with E-state index >= 15 is 0 Å². The van der Waals surface area contributed by atoms with Crippen molar-refractivity contribution in [2.24, 2.45) is 0 Å². The molecule has 4 aromatic rings. The van der Waals surface area contributed by atoms with Gasteiger partial charge in [0.15, 0.2) is 0 Å². The number of hydrogen-bond donors (Lipinski definition) is 2. The van der Waals surface area contributed by atoms with Crippen LogP contribution in [-0.4, -0.2) is 18.9 Å². The molecule has 2 N–H and O–H groups in total. The van der Waals surface area contributed by atoms with E-state index in [1.54, 1.807) is 31.5 Å². The lowest BCUT2D eigenvalue weighted by molar-refractivity contribution is -0.115. The molecule has 28 heavy (non-hydrogen) atoms. The minimum absolute atomic E-state index is 0.159. The van der Waals surface area contributed by atoms with Crippen molar-refractivity contribution in [3.63, 3.8) is 0 Å². The van der Waals surface area contributed by atoms with Crippen LogP contribution in [0.15, 0.2) is 65.3 Å². The van der Waals surface area contributed by atoms with E-state index in [1.165, 1.54) is 0 Å². The molecule has 0 spiro atoms. The molecule has 0 atom stereocenters. The van der Waals surface area contributed by atoms with E-state index in [9.17, 15) is 9.59 Å². The molecule has 0 bridgehead atoms. The molecule has 0 saturated heterocycles. The molecule has 1 heterocycles. The minimum atomic E-state index is -0.180. The summed E-state index contributed by atoms with van der Waals surface area (Å²) in [6.07, 6.45) is 1.83. The lowest BCUT2D eigenvalue weighted by atomic mass is 10.0. The predicted molar refractivity (Wildman–Crippen MR) is 111 cm³/mol. The number of rotatable bonds is 4. The van der Waals surface area contributed by atoms with Crippen molar-refractivity contribution in [2.75, 3.05) is 12.4 Å². The predicted octanol–water partition coefficient (Wildman–Crippen LogP) is 4.44. The SMILES string of the molecule is CNC(=O)c1cccc(NC(=O)Cc2coc3ccc4ccccc4c23)c1C. The Labute approximate surface area is 162 Å². The molecule has 3 aromatic carbocycles. The largest absolute Gasteiger partial charge is 0.464 e. The molecule has 0 aliphatic heterocycles. The lowest BCUT2D eigenvalue weighted by Crippen LogP contribution is -2.20. The van der Waals surface area contributed by atoms with Gasteiger partial charge in [-0.3, -0.25) is 9.59 Å². The molecule has 140 valence electrons. The highest BCUT2D eigenvalue weighted by molar-refractivity contribution is 6.09. The fourth-order valence-electron chi connectivity index (χ4n) is 3.52. The number of nitrogens with one attached hydrogen (secondary N) is 2. The quantitative estimate of drug-likeness (QED) is 0.556. The highest BCUT2D eigenvalue weighted by Crippen LogP contribution is 2.30. The van der Waals surface area contributed by atoms with Crippen LogP contribution in [0.2, 0.25) is 0 Å². The molecule has 2 amide bonds. The average molecular weight is 372 g/mol. The highest BCUT2D eigenvalue weighted by Gasteiger charge is 2.15. The number of anilines is 1. The first kappa shape index (κ1) is 17.8. The van der Waals surface area contributed by atoms with Crippen LogP contribution in [0.4, 0.5) is 5.69 Å². The molecule has 0 aliphatic carbocycles.